The first-order valence-corrected chi connectivity index (χ1v) is 7.13. The second-order valence-electron chi connectivity index (χ2n) is 3.96. The molecule has 9 heteroatoms. The van der Waals surface area contributed by atoms with Gasteiger partial charge in [0.05, 0.1) is 5.69 Å². The van der Waals surface area contributed by atoms with Gasteiger partial charge in [-0.2, -0.15) is 0 Å². The van der Waals surface area contributed by atoms with E-state index in [-0.39, 0.29) is 10.7 Å². The van der Waals surface area contributed by atoms with Gasteiger partial charge in [0.1, 0.15) is 10.7 Å². The summed E-state index contributed by atoms with van der Waals surface area (Å²) in [7, 11) is -2.66. The molecule has 0 unspecified atom stereocenters. The third-order valence-corrected chi connectivity index (χ3v) is 3.95. The third kappa shape index (κ3) is 3.07. The molecule has 1 aromatic carbocycles. The maximum absolute atomic E-state index is 13.1. The fourth-order valence-electron chi connectivity index (χ4n) is 1.62. The Bertz CT molecular complexity index is 758. The summed E-state index contributed by atoms with van der Waals surface area (Å²) in [6.45, 7) is 0. The molecule has 0 radical (unpaired) electrons. The number of hydrogen-bond acceptors (Lipinski definition) is 4. The second-order valence-corrected chi connectivity index (χ2v) is 5.61. The Kier molecular flexibility index (Phi) is 4.03. The molecule has 0 bridgehead atoms. The maximum Gasteiger partial charge on any atom is 0.265 e. The van der Waals surface area contributed by atoms with Crippen LogP contribution in [0.5, 0.6) is 0 Å². The molecule has 21 heavy (non-hydrogen) atoms. The van der Waals surface area contributed by atoms with Crippen molar-refractivity contribution >= 4 is 21.5 Å². The van der Waals surface area contributed by atoms with Gasteiger partial charge in [-0.1, -0.05) is 0 Å². The Morgan fingerprint density at radius 3 is 2.33 bits per heavy atom. The molecule has 2 rings (SSSR count). The van der Waals surface area contributed by atoms with Gasteiger partial charge in [0, 0.05) is 25.4 Å². The van der Waals surface area contributed by atoms with Gasteiger partial charge in [-0.15, -0.1) is 0 Å². The van der Waals surface area contributed by atoms with Crippen molar-refractivity contribution < 1.29 is 21.6 Å². The summed E-state index contributed by atoms with van der Waals surface area (Å²) in [5.41, 5.74) is -0.433. The zero-order chi connectivity index (χ0) is 15.6. The molecule has 5 nitrogen and oxygen atoms in total. The highest BCUT2D eigenvalue weighted by atomic mass is 32.2. The standard InChI is InChI=1S/C12H10F3N3O2S/c1-16-12-10(3-2-4-17-12)21(19,20)18-7-5-8(13)11(15)9(14)6-7/h2-6,18H,1H3,(H,16,17). The summed E-state index contributed by atoms with van der Waals surface area (Å²) >= 11 is 0. The van der Waals surface area contributed by atoms with Crippen LogP contribution < -0.4 is 10.0 Å². The Labute approximate surface area is 118 Å². The van der Waals surface area contributed by atoms with Gasteiger partial charge in [0.2, 0.25) is 0 Å². The minimum Gasteiger partial charge on any atom is -0.372 e. The molecule has 1 aromatic heterocycles. The third-order valence-electron chi connectivity index (χ3n) is 2.53. The Hall–Kier alpha value is -2.29. The van der Waals surface area contributed by atoms with Gasteiger partial charge in [-0.05, 0) is 12.1 Å². The minimum atomic E-state index is -4.13. The molecule has 0 atom stereocenters. The quantitative estimate of drug-likeness (QED) is 0.849. The summed E-state index contributed by atoms with van der Waals surface area (Å²) in [6, 6.07) is 3.75. The molecular formula is C12H10F3N3O2S. The van der Waals surface area contributed by atoms with Crippen LogP contribution in [0, 0.1) is 17.5 Å². The lowest BCUT2D eigenvalue weighted by atomic mass is 10.3. The highest BCUT2D eigenvalue weighted by molar-refractivity contribution is 7.92. The summed E-state index contributed by atoms with van der Waals surface area (Å²) in [5, 5.41) is 2.58. The summed E-state index contributed by atoms with van der Waals surface area (Å²) in [6.07, 6.45) is 1.38. The van der Waals surface area contributed by atoms with Gasteiger partial charge in [-0.25, -0.2) is 26.6 Å². The number of hydrogen-bond donors (Lipinski definition) is 2. The van der Waals surface area contributed by atoms with Crippen molar-refractivity contribution in [1.82, 2.24) is 4.98 Å². The van der Waals surface area contributed by atoms with E-state index in [0.29, 0.717) is 12.1 Å². The Morgan fingerprint density at radius 1 is 1.14 bits per heavy atom. The van der Waals surface area contributed by atoms with E-state index in [4.69, 9.17) is 0 Å². The normalized spacial score (nSPS) is 11.2. The van der Waals surface area contributed by atoms with Crippen molar-refractivity contribution in [3.8, 4) is 0 Å². The number of rotatable bonds is 4. The fraction of sp³-hybridized carbons (Fsp3) is 0.0833. The zero-order valence-electron chi connectivity index (χ0n) is 10.7. The number of nitrogens with zero attached hydrogens (tertiary/aromatic N) is 1. The van der Waals surface area contributed by atoms with Crippen molar-refractivity contribution in [3.63, 3.8) is 0 Å². The van der Waals surface area contributed by atoms with Gasteiger partial charge < -0.3 is 5.32 Å². The van der Waals surface area contributed by atoms with Crippen LogP contribution in [0.4, 0.5) is 24.7 Å². The lowest BCUT2D eigenvalue weighted by molar-refractivity contribution is 0.448. The molecule has 0 fully saturated rings. The molecule has 0 amide bonds. The molecule has 0 aliphatic rings. The van der Waals surface area contributed by atoms with E-state index in [1.165, 1.54) is 25.4 Å². The molecule has 0 spiro atoms. The topological polar surface area (TPSA) is 71.1 Å². The molecule has 2 N–H and O–H groups in total. The number of sulfonamides is 1. The van der Waals surface area contributed by atoms with Gasteiger partial charge in [-0.3, -0.25) is 4.72 Å². The Balaban J connectivity index is 2.42. The van der Waals surface area contributed by atoms with Crippen LogP contribution >= 0.6 is 0 Å². The fourth-order valence-corrected chi connectivity index (χ4v) is 2.82. The predicted octanol–water partition coefficient (Wildman–Crippen LogP) is 2.34. The molecule has 0 aliphatic heterocycles. The van der Waals surface area contributed by atoms with E-state index in [0.717, 1.165) is 0 Å². The minimum absolute atomic E-state index is 0.0630. The number of anilines is 2. The van der Waals surface area contributed by atoms with Gasteiger partial charge in [0.15, 0.2) is 17.5 Å². The molecule has 0 saturated carbocycles. The van der Waals surface area contributed by atoms with E-state index in [2.05, 4.69) is 10.3 Å². The van der Waals surface area contributed by atoms with E-state index in [1.807, 2.05) is 4.72 Å². The van der Waals surface area contributed by atoms with E-state index in [1.54, 1.807) is 0 Å². The largest absolute Gasteiger partial charge is 0.372 e. The van der Waals surface area contributed by atoms with Crippen LogP contribution in [0.1, 0.15) is 0 Å². The van der Waals surface area contributed by atoms with Crippen LogP contribution in [-0.2, 0) is 10.0 Å². The zero-order valence-corrected chi connectivity index (χ0v) is 11.5. The Morgan fingerprint density at radius 2 is 1.76 bits per heavy atom. The van der Waals surface area contributed by atoms with E-state index in [9.17, 15) is 21.6 Å². The van der Waals surface area contributed by atoms with Crippen LogP contribution in [0.2, 0.25) is 0 Å². The van der Waals surface area contributed by atoms with Crippen molar-refractivity contribution in [2.24, 2.45) is 0 Å². The highest BCUT2D eigenvalue weighted by Crippen LogP contribution is 2.23. The van der Waals surface area contributed by atoms with Crippen molar-refractivity contribution in [1.29, 1.82) is 0 Å². The lowest BCUT2D eigenvalue weighted by Gasteiger charge is -2.11. The smallest absolute Gasteiger partial charge is 0.265 e. The monoisotopic (exact) mass is 317 g/mol. The van der Waals surface area contributed by atoms with Crippen molar-refractivity contribution in [2.75, 3.05) is 17.1 Å². The number of nitrogens with one attached hydrogen (secondary N) is 2. The SMILES string of the molecule is CNc1ncccc1S(=O)(=O)Nc1cc(F)c(F)c(F)c1. The van der Waals surface area contributed by atoms with Gasteiger partial charge >= 0.3 is 0 Å². The highest BCUT2D eigenvalue weighted by Gasteiger charge is 2.20. The average molecular weight is 317 g/mol. The number of pyridine rings is 1. The molecular weight excluding hydrogens is 307 g/mol. The van der Waals surface area contributed by atoms with Crippen LogP contribution in [0.3, 0.4) is 0 Å². The number of benzene rings is 1. The first-order valence-electron chi connectivity index (χ1n) is 5.65. The van der Waals surface area contributed by atoms with Crippen molar-refractivity contribution in [3.05, 3.63) is 47.9 Å². The van der Waals surface area contributed by atoms with E-state index < -0.39 is 33.2 Å². The summed E-state index contributed by atoms with van der Waals surface area (Å²) in [4.78, 5) is 3.61. The number of halogens is 3. The predicted molar refractivity (Wildman–Crippen MR) is 70.9 cm³/mol. The molecule has 2 aromatic rings. The summed E-state index contributed by atoms with van der Waals surface area (Å²) < 4.78 is 65.3. The molecule has 0 aliphatic carbocycles. The lowest BCUT2D eigenvalue weighted by Crippen LogP contribution is -2.16. The first-order chi connectivity index (χ1) is 9.85. The van der Waals surface area contributed by atoms with Crippen LogP contribution in [0.25, 0.3) is 0 Å². The maximum atomic E-state index is 13.1. The van der Waals surface area contributed by atoms with E-state index >= 15 is 0 Å². The second kappa shape index (κ2) is 5.60. The molecule has 0 saturated heterocycles. The van der Waals surface area contributed by atoms with Crippen molar-refractivity contribution in [2.45, 2.75) is 4.90 Å². The molecule has 1 heterocycles. The van der Waals surface area contributed by atoms with Crippen LogP contribution in [-0.4, -0.2) is 20.4 Å². The van der Waals surface area contributed by atoms with Gasteiger partial charge in [0.25, 0.3) is 10.0 Å². The average Bonchev–Trinajstić information content (AvgIpc) is 2.44. The molecule has 112 valence electrons. The summed E-state index contributed by atoms with van der Waals surface area (Å²) in [5.74, 6) is -4.59. The van der Waals surface area contributed by atoms with Crippen LogP contribution in [0.15, 0.2) is 35.4 Å². The number of aromatic nitrogens is 1. The first kappa shape index (κ1) is 15.1.